The average Bonchev–Trinajstić information content (AvgIpc) is 2.45. The fraction of sp³-hybridized carbons (Fsp3) is 0.727. The van der Waals surface area contributed by atoms with Gasteiger partial charge in [-0.25, -0.2) is 4.98 Å². The van der Waals surface area contributed by atoms with Crippen molar-refractivity contribution < 1.29 is 5.11 Å². The van der Waals surface area contributed by atoms with Crippen LogP contribution < -0.4 is 5.32 Å². The van der Waals surface area contributed by atoms with E-state index in [0.29, 0.717) is 6.04 Å². The Balaban J connectivity index is 2.60. The van der Waals surface area contributed by atoms with E-state index in [1.54, 1.807) is 11.3 Å². The highest BCUT2D eigenvalue weighted by Gasteiger charge is 2.14. The Labute approximate surface area is 95.6 Å². The van der Waals surface area contributed by atoms with E-state index >= 15 is 0 Å². The fourth-order valence-electron chi connectivity index (χ4n) is 1.73. The van der Waals surface area contributed by atoms with Crippen molar-refractivity contribution in [3.05, 3.63) is 15.6 Å². The molecule has 0 spiro atoms. The molecule has 2 N–H and O–H groups in total. The molecule has 0 saturated heterocycles. The summed E-state index contributed by atoms with van der Waals surface area (Å²) in [6.45, 7) is 8.58. The van der Waals surface area contributed by atoms with Crippen molar-refractivity contribution in [2.75, 3.05) is 6.61 Å². The van der Waals surface area contributed by atoms with Crippen molar-refractivity contribution >= 4 is 11.3 Å². The predicted molar refractivity (Wildman–Crippen MR) is 64.3 cm³/mol. The molecule has 4 heteroatoms. The summed E-state index contributed by atoms with van der Waals surface area (Å²) in [7, 11) is 0. The number of hydrogen-bond donors (Lipinski definition) is 2. The van der Waals surface area contributed by atoms with Gasteiger partial charge in [0, 0.05) is 23.6 Å². The third-order valence-electron chi connectivity index (χ3n) is 2.45. The predicted octanol–water partition coefficient (Wildman–Crippen LogP) is 2.18. The molecule has 0 amide bonds. The molecule has 15 heavy (non-hydrogen) atoms. The number of rotatable bonds is 5. The number of hydrogen-bond acceptors (Lipinski definition) is 4. The molecule has 0 bridgehead atoms. The maximum absolute atomic E-state index is 8.83. The maximum Gasteiger partial charge on any atom is 0.0900 e. The SMILES string of the molecule is Cc1nc(C(C)N[C@H](C)CCO)c(C)s1. The summed E-state index contributed by atoms with van der Waals surface area (Å²) in [6.07, 6.45) is 0.784. The van der Waals surface area contributed by atoms with Crippen LogP contribution in [0.3, 0.4) is 0 Å². The van der Waals surface area contributed by atoms with Crippen molar-refractivity contribution in [3.8, 4) is 0 Å². The van der Waals surface area contributed by atoms with Gasteiger partial charge in [-0.2, -0.15) is 0 Å². The monoisotopic (exact) mass is 228 g/mol. The molecule has 1 aromatic heterocycles. The number of nitrogens with one attached hydrogen (secondary N) is 1. The number of aliphatic hydroxyl groups excluding tert-OH is 1. The van der Waals surface area contributed by atoms with E-state index < -0.39 is 0 Å². The van der Waals surface area contributed by atoms with Crippen LogP contribution in [0.2, 0.25) is 0 Å². The first-order valence-corrected chi connectivity index (χ1v) is 6.17. The van der Waals surface area contributed by atoms with Crippen LogP contribution in [0.5, 0.6) is 0 Å². The minimum atomic E-state index is 0.232. The molecule has 1 heterocycles. The summed E-state index contributed by atoms with van der Waals surface area (Å²) in [5.41, 5.74) is 1.14. The quantitative estimate of drug-likeness (QED) is 0.812. The zero-order chi connectivity index (χ0) is 11.4. The van der Waals surface area contributed by atoms with Gasteiger partial charge in [-0.3, -0.25) is 0 Å². The molecule has 1 unspecified atom stereocenters. The summed E-state index contributed by atoms with van der Waals surface area (Å²) in [5.74, 6) is 0. The average molecular weight is 228 g/mol. The van der Waals surface area contributed by atoms with Crippen LogP contribution in [0.4, 0.5) is 0 Å². The highest BCUT2D eigenvalue weighted by atomic mass is 32.1. The van der Waals surface area contributed by atoms with E-state index in [-0.39, 0.29) is 12.6 Å². The van der Waals surface area contributed by atoms with E-state index in [0.717, 1.165) is 17.1 Å². The van der Waals surface area contributed by atoms with E-state index in [9.17, 15) is 0 Å². The third-order valence-corrected chi connectivity index (χ3v) is 3.35. The first-order chi connectivity index (χ1) is 7.04. The van der Waals surface area contributed by atoms with Gasteiger partial charge in [-0.05, 0) is 34.1 Å². The topological polar surface area (TPSA) is 45.2 Å². The van der Waals surface area contributed by atoms with Gasteiger partial charge in [0.15, 0.2) is 0 Å². The smallest absolute Gasteiger partial charge is 0.0900 e. The van der Waals surface area contributed by atoms with Crippen LogP contribution in [0.15, 0.2) is 0 Å². The Kier molecular flexibility index (Phi) is 4.70. The lowest BCUT2D eigenvalue weighted by atomic mass is 10.1. The molecule has 1 rings (SSSR count). The second-order valence-corrected chi connectivity index (χ2v) is 5.38. The van der Waals surface area contributed by atoms with Gasteiger partial charge in [-0.1, -0.05) is 0 Å². The molecular weight excluding hydrogens is 208 g/mol. The summed E-state index contributed by atoms with van der Waals surface area (Å²) in [6, 6.07) is 0.586. The number of aromatic nitrogens is 1. The molecular formula is C11H20N2OS. The van der Waals surface area contributed by atoms with E-state index in [2.05, 4.69) is 31.1 Å². The van der Waals surface area contributed by atoms with E-state index in [4.69, 9.17) is 5.11 Å². The first-order valence-electron chi connectivity index (χ1n) is 5.35. The normalized spacial score (nSPS) is 15.3. The van der Waals surface area contributed by atoms with E-state index in [1.165, 1.54) is 4.88 Å². The minimum Gasteiger partial charge on any atom is -0.396 e. The summed E-state index contributed by atoms with van der Waals surface area (Å²) in [5, 5.41) is 13.4. The summed E-state index contributed by atoms with van der Waals surface area (Å²) >= 11 is 1.74. The van der Waals surface area contributed by atoms with Crippen LogP contribution in [0.25, 0.3) is 0 Å². The Morgan fingerprint density at radius 1 is 1.40 bits per heavy atom. The Morgan fingerprint density at radius 3 is 2.53 bits per heavy atom. The zero-order valence-electron chi connectivity index (χ0n) is 9.87. The lowest BCUT2D eigenvalue weighted by molar-refractivity contribution is 0.264. The Morgan fingerprint density at radius 2 is 2.07 bits per heavy atom. The molecule has 3 nitrogen and oxygen atoms in total. The molecule has 1 aromatic rings. The molecule has 0 aromatic carbocycles. The summed E-state index contributed by atoms with van der Waals surface area (Å²) in [4.78, 5) is 5.80. The van der Waals surface area contributed by atoms with Crippen molar-refractivity contribution in [1.82, 2.24) is 10.3 Å². The molecule has 0 aliphatic rings. The van der Waals surface area contributed by atoms with Crippen molar-refractivity contribution in [3.63, 3.8) is 0 Å². The zero-order valence-corrected chi connectivity index (χ0v) is 10.7. The highest BCUT2D eigenvalue weighted by Crippen LogP contribution is 2.22. The van der Waals surface area contributed by atoms with Gasteiger partial charge in [0.25, 0.3) is 0 Å². The Bertz CT molecular complexity index is 312. The first kappa shape index (κ1) is 12.6. The van der Waals surface area contributed by atoms with Crippen molar-refractivity contribution in [1.29, 1.82) is 0 Å². The molecule has 2 atom stereocenters. The standard InChI is InChI=1S/C11H20N2OS/c1-7(5-6-14)12-8(2)11-9(3)15-10(4)13-11/h7-8,12,14H,5-6H2,1-4H3/t7-,8?/m1/s1. The number of thiazole rings is 1. The van der Waals surface area contributed by atoms with Crippen molar-refractivity contribution in [2.45, 2.75) is 46.2 Å². The maximum atomic E-state index is 8.83. The van der Waals surface area contributed by atoms with Gasteiger partial charge < -0.3 is 10.4 Å². The summed E-state index contributed by atoms with van der Waals surface area (Å²) < 4.78 is 0. The van der Waals surface area contributed by atoms with Crippen LogP contribution in [0, 0.1) is 13.8 Å². The molecule has 0 aliphatic carbocycles. The minimum absolute atomic E-state index is 0.232. The van der Waals surface area contributed by atoms with Gasteiger partial charge in [0.05, 0.1) is 10.7 Å². The number of aliphatic hydroxyl groups is 1. The fourth-order valence-corrected chi connectivity index (χ4v) is 2.64. The van der Waals surface area contributed by atoms with E-state index in [1.807, 2.05) is 6.92 Å². The second kappa shape index (κ2) is 5.58. The number of nitrogens with zero attached hydrogens (tertiary/aromatic N) is 1. The molecule has 0 aliphatic heterocycles. The lowest BCUT2D eigenvalue weighted by Crippen LogP contribution is -2.30. The van der Waals surface area contributed by atoms with Crippen molar-refractivity contribution in [2.24, 2.45) is 0 Å². The van der Waals surface area contributed by atoms with Crippen LogP contribution in [-0.2, 0) is 0 Å². The van der Waals surface area contributed by atoms with Gasteiger partial charge in [0.2, 0.25) is 0 Å². The highest BCUT2D eigenvalue weighted by molar-refractivity contribution is 7.11. The molecule has 0 saturated carbocycles. The number of aryl methyl sites for hydroxylation is 2. The third kappa shape index (κ3) is 3.55. The molecule has 0 radical (unpaired) electrons. The lowest BCUT2D eigenvalue weighted by Gasteiger charge is -2.18. The van der Waals surface area contributed by atoms with Gasteiger partial charge in [0.1, 0.15) is 0 Å². The second-order valence-electron chi connectivity index (χ2n) is 3.98. The van der Waals surface area contributed by atoms with Gasteiger partial charge >= 0.3 is 0 Å². The molecule has 0 fully saturated rings. The van der Waals surface area contributed by atoms with Gasteiger partial charge in [-0.15, -0.1) is 11.3 Å². The van der Waals surface area contributed by atoms with Crippen LogP contribution >= 0.6 is 11.3 Å². The largest absolute Gasteiger partial charge is 0.396 e. The van der Waals surface area contributed by atoms with Crippen LogP contribution in [0.1, 0.15) is 41.9 Å². The molecule has 86 valence electrons. The Hall–Kier alpha value is -0.450. The van der Waals surface area contributed by atoms with Crippen LogP contribution in [-0.4, -0.2) is 22.7 Å².